The largest absolute Gasteiger partial charge is 0.478 e. The fourth-order valence-electron chi connectivity index (χ4n) is 1.23. The van der Waals surface area contributed by atoms with Crippen molar-refractivity contribution < 1.29 is 18.8 Å². The Morgan fingerprint density at radius 1 is 1.50 bits per heavy atom. The normalized spacial score (nSPS) is 10.5. The highest BCUT2D eigenvalue weighted by Crippen LogP contribution is 2.07. The van der Waals surface area contributed by atoms with Crippen LogP contribution in [0.4, 0.5) is 0 Å². The van der Waals surface area contributed by atoms with Crippen LogP contribution < -0.4 is 5.32 Å². The molecule has 0 amide bonds. The number of hydrogen-bond donors (Lipinski definition) is 2. The molecular formula is C10H10N2O4. The molecule has 0 unspecified atom stereocenters. The molecule has 6 heteroatoms. The van der Waals surface area contributed by atoms with Crippen molar-refractivity contribution in [2.45, 2.75) is 13.1 Å². The van der Waals surface area contributed by atoms with Crippen molar-refractivity contribution in [3.63, 3.8) is 0 Å². The summed E-state index contributed by atoms with van der Waals surface area (Å²) in [7, 11) is 0. The molecule has 2 rings (SSSR count). The van der Waals surface area contributed by atoms with Gasteiger partial charge in [0, 0.05) is 12.6 Å². The van der Waals surface area contributed by atoms with E-state index in [9.17, 15) is 4.79 Å². The lowest BCUT2D eigenvalue weighted by Gasteiger charge is -1.97. The van der Waals surface area contributed by atoms with E-state index in [1.54, 1.807) is 6.07 Å². The zero-order chi connectivity index (χ0) is 11.4. The molecule has 0 saturated carbocycles. The Kier molecular flexibility index (Phi) is 3.02. The lowest BCUT2D eigenvalue weighted by atomic mass is 10.3. The van der Waals surface area contributed by atoms with E-state index in [0.717, 1.165) is 5.69 Å². The fourth-order valence-corrected chi connectivity index (χ4v) is 1.23. The third kappa shape index (κ3) is 2.48. The van der Waals surface area contributed by atoms with Crippen LogP contribution in [-0.2, 0) is 13.1 Å². The Balaban J connectivity index is 1.83. The summed E-state index contributed by atoms with van der Waals surface area (Å²) in [4.78, 5) is 10.6. The van der Waals surface area contributed by atoms with Gasteiger partial charge in [-0.3, -0.25) is 0 Å². The molecule has 16 heavy (non-hydrogen) atoms. The third-order valence-electron chi connectivity index (χ3n) is 2.00. The van der Waals surface area contributed by atoms with E-state index in [-0.39, 0.29) is 5.56 Å². The van der Waals surface area contributed by atoms with E-state index in [2.05, 4.69) is 15.0 Å². The van der Waals surface area contributed by atoms with Crippen LogP contribution in [0.5, 0.6) is 0 Å². The molecule has 0 bridgehead atoms. The zero-order valence-corrected chi connectivity index (χ0v) is 8.34. The number of carboxylic acids is 1. The van der Waals surface area contributed by atoms with Gasteiger partial charge in [0.15, 0.2) is 0 Å². The number of carbonyl (C=O) groups is 1. The number of aromatic carboxylic acids is 1. The quantitative estimate of drug-likeness (QED) is 0.791. The van der Waals surface area contributed by atoms with Crippen molar-refractivity contribution in [1.82, 2.24) is 10.5 Å². The summed E-state index contributed by atoms with van der Waals surface area (Å²) < 4.78 is 9.72. The van der Waals surface area contributed by atoms with Crippen LogP contribution in [0, 0.1) is 0 Å². The minimum atomic E-state index is -0.994. The van der Waals surface area contributed by atoms with Gasteiger partial charge in [0.25, 0.3) is 0 Å². The van der Waals surface area contributed by atoms with Crippen molar-refractivity contribution in [3.8, 4) is 0 Å². The molecule has 84 valence electrons. The maximum atomic E-state index is 10.6. The average Bonchev–Trinajstić information content (AvgIpc) is 2.87. The van der Waals surface area contributed by atoms with Crippen LogP contribution >= 0.6 is 0 Å². The van der Waals surface area contributed by atoms with Gasteiger partial charge in [-0.1, -0.05) is 5.16 Å². The summed E-state index contributed by atoms with van der Waals surface area (Å²) in [5.41, 5.74) is 0.934. The second-order valence-corrected chi connectivity index (χ2v) is 3.20. The molecule has 0 aromatic carbocycles. The van der Waals surface area contributed by atoms with Crippen molar-refractivity contribution in [2.24, 2.45) is 0 Å². The number of aromatic nitrogens is 1. The van der Waals surface area contributed by atoms with E-state index in [4.69, 9.17) is 9.52 Å². The van der Waals surface area contributed by atoms with Gasteiger partial charge in [-0.05, 0) is 6.07 Å². The molecule has 0 aliphatic rings. The number of furan rings is 1. The van der Waals surface area contributed by atoms with E-state index < -0.39 is 5.97 Å². The molecule has 2 aromatic rings. The van der Waals surface area contributed by atoms with E-state index >= 15 is 0 Å². The number of hydrogen-bond acceptors (Lipinski definition) is 5. The second kappa shape index (κ2) is 4.63. The van der Waals surface area contributed by atoms with Crippen LogP contribution in [0.1, 0.15) is 21.8 Å². The molecule has 0 atom stereocenters. The minimum Gasteiger partial charge on any atom is -0.478 e. The van der Waals surface area contributed by atoms with Crippen molar-refractivity contribution in [3.05, 3.63) is 41.7 Å². The molecule has 6 nitrogen and oxygen atoms in total. The number of nitrogens with zero attached hydrogens (tertiary/aromatic N) is 1. The van der Waals surface area contributed by atoms with E-state index in [0.29, 0.717) is 18.8 Å². The standard InChI is InChI=1S/C10H10N2O4/c13-10(14)7-3-9(15-6-7)5-11-4-8-1-2-16-12-8/h1-3,6,11H,4-5H2,(H,13,14). The molecule has 2 N–H and O–H groups in total. The first-order valence-corrected chi connectivity index (χ1v) is 4.66. The first-order chi connectivity index (χ1) is 7.75. The second-order valence-electron chi connectivity index (χ2n) is 3.20. The van der Waals surface area contributed by atoms with E-state index in [1.165, 1.54) is 18.6 Å². The summed E-state index contributed by atoms with van der Waals surface area (Å²) in [5, 5.41) is 15.4. The van der Waals surface area contributed by atoms with E-state index in [1.807, 2.05) is 0 Å². The van der Waals surface area contributed by atoms with Gasteiger partial charge in [0.05, 0.1) is 17.8 Å². The van der Waals surface area contributed by atoms with Crippen LogP contribution in [0.15, 0.2) is 33.6 Å². The summed E-state index contributed by atoms with van der Waals surface area (Å²) in [6, 6.07) is 3.23. The number of carboxylic acid groups (broad SMARTS) is 1. The van der Waals surface area contributed by atoms with Gasteiger partial charge >= 0.3 is 5.97 Å². The molecule has 0 aliphatic heterocycles. The zero-order valence-electron chi connectivity index (χ0n) is 8.34. The minimum absolute atomic E-state index is 0.151. The molecule has 0 saturated heterocycles. The third-order valence-corrected chi connectivity index (χ3v) is 2.00. The highest BCUT2D eigenvalue weighted by molar-refractivity contribution is 5.87. The van der Waals surface area contributed by atoms with Gasteiger partial charge in [0.2, 0.25) is 0 Å². The molecule has 0 spiro atoms. The topological polar surface area (TPSA) is 88.5 Å². The molecule has 2 aromatic heterocycles. The average molecular weight is 222 g/mol. The highest BCUT2D eigenvalue weighted by atomic mass is 16.5. The van der Waals surface area contributed by atoms with Crippen molar-refractivity contribution in [2.75, 3.05) is 0 Å². The van der Waals surface area contributed by atoms with Crippen LogP contribution in [0.25, 0.3) is 0 Å². The first kappa shape index (κ1) is 10.4. The molecule has 0 radical (unpaired) electrons. The Hall–Kier alpha value is -2.08. The SMILES string of the molecule is O=C(O)c1coc(CNCc2ccon2)c1. The maximum absolute atomic E-state index is 10.6. The van der Waals surface area contributed by atoms with Gasteiger partial charge in [-0.2, -0.15) is 0 Å². The maximum Gasteiger partial charge on any atom is 0.338 e. The number of rotatable bonds is 5. The highest BCUT2D eigenvalue weighted by Gasteiger charge is 2.07. The Bertz CT molecular complexity index is 461. The van der Waals surface area contributed by atoms with Gasteiger partial charge < -0.3 is 19.4 Å². The summed E-state index contributed by atoms with van der Waals surface area (Å²) in [5.74, 6) is -0.424. The summed E-state index contributed by atoms with van der Waals surface area (Å²) in [6.07, 6.45) is 2.71. The van der Waals surface area contributed by atoms with Gasteiger partial charge in [-0.15, -0.1) is 0 Å². The molecule has 0 fully saturated rings. The Labute approximate surface area is 90.8 Å². The monoisotopic (exact) mass is 222 g/mol. The molecule has 0 aliphatic carbocycles. The van der Waals surface area contributed by atoms with Crippen LogP contribution in [-0.4, -0.2) is 16.2 Å². The summed E-state index contributed by atoms with van der Waals surface area (Å²) in [6.45, 7) is 0.986. The lowest BCUT2D eigenvalue weighted by Crippen LogP contribution is -2.12. The smallest absolute Gasteiger partial charge is 0.338 e. The summed E-state index contributed by atoms with van der Waals surface area (Å²) >= 11 is 0. The lowest BCUT2D eigenvalue weighted by molar-refractivity contribution is 0.0696. The Morgan fingerprint density at radius 3 is 3.00 bits per heavy atom. The van der Waals surface area contributed by atoms with Crippen molar-refractivity contribution >= 4 is 5.97 Å². The van der Waals surface area contributed by atoms with Gasteiger partial charge in [0.1, 0.15) is 18.3 Å². The molecular weight excluding hydrogens is 212 g/mol. The fraction of sp³-hybridized carbons (Fsp3) is 0.200. The number of nitrogens with one attached hydrogen (secondary N) is 1. The predicted molar refractivity (Wildman–Crippen MR) is 52.7 cm³/mol. The first-order valence-electron chi connectivity index (χ1n) is 4.66. The van der Waals surface area contributed by atoms with Crippen LogP contribution in [0.2, 0.25) is 0 Å². The molecule has 2 heterocycles. The van der Waals surface area contributed by atoms with Crippen LogP contribution in [0.3, 0.4) is 0 Å². The Morgan fingerprint density at radius 2 is 2.38 bits per heavy atom. The van der Waals surface area contributed by atoms with Crippen molar-refractivity contribution in [1.29, 1.82) is 0 Å². The predicted octanol–water partition coefficient (Wildman–Crippen LogP) is 1.26. The van der Waals surface area contributed by atoms with Gasteiger partial charge in [-0.25, -0.2) is 4.79 Å².